The summed E-state index contributed by atoms with van der Waals surface area (Å²) in [7, 11) is 0. The molecule has 0 atom stereocenters. The van der Waals surface area contributed by atoms with Gasteiger partial charge in [0.15, 0.2) is 0 Å². The van der Waals surface area contributed by atoms with Crippen LogP contribution in [0.5, 0.6) is 0 Å². The Morgan fingerprint density at radius 1 is 0.889 bits per heavy atom. The molecule has 0 aromatic heterocycles. The number of rotatable bonds is 5. The fraction of sp³-hybridized carbons (Fsp3) is 0.364. The van der Waals surface area contributed by atoms with Gasteiger partial charge in [-0.3, -0.25) is 9.59 Å². The average Bonchev–Trinajstić information content (AvgIpc) is 2.96. The van der Waals surface area contributed by atoms with E-state index >= 15 is 0 Å². The zero-order valence-corrected chi connectivity index (χ0v) is 15.3. The van der Waals surface area contributed by atoms with Crippen LogP contribution in [0, 0.1) is 5.82 Å². The summed E-state index contributed by atoms with van der Waals surface area (Å²) < 4.78 is 13.7. The smallest absolute Gasteiger partial charge is 0.251 e. The summed E-state index contributed by atoms with van der Waals surface area (Å²) in [6, 6.07) is 13.2. The summed E-state index contributed by atoms with van der Waals surface area (Å²) in [5, 5.41) is 5.79. The topological polar surface area (TPSA) is 58.2 Å². The molecule has 142 valence electrons. The van der Waals surface area contributed by atoms with E-state index in [0.29, 0.717) is 16.7 Å². The maximum Gasteiger partial charge on any atom is 0.251 e. The maximum atomic E-state index is 13.7. The lowest BCUT2D eigenvalue weighted by Gasteiger charge is -2.16. The number of carbonyl (C=O) groups is 2. The first kappa shape index (κ1) is 19.1. The molecule has 2 amide bonds. The number of hydrogen-bond donors (Lipinski definition) is 2. The lowest BCUT2D eigenvalue weighted by Crippen LogP contribution is -2.34. The van der Waals surface area contributed by atoms with Gasteiger partial charge in [-0.1, -0.05) is 49.9 Å². The van der Waals surface area contributed by atoms with Crippen LogP contribution in [-0.2, 0) is 6.54 Å². The van der Waals surface area contributed by atoms with E-state index in [2.05, 4.69) is 10.6 Å². The fourth-order valence-corrected chi connectivity index (χ4v) is 3.41. The third-order valence-electron chi connectivity index (χ3n) is 4.97. The van der Waals surface area contributed by atoms with Crippen LogP contribution in [0.3, 0.4) is 0 Å². The Morgan fingerprint density at radius 3 is 2.26 bits per heavy atom. The zero-order valence-electron chi connectivity index (χ0n) is 15.3. The second-order valence-corrected chi connectivity index (χ2v) is 7.02. The number of halogens is 1. The van der Waals surface area contributed by atoms with Gasteiger partial charge < -0.3 is 10.6 Å². The van der Waals surface area contributed by atoms with E-state index in [1.54, 1.807) is 42.5 Å². The van der Waals surface area contributed by atoms with Crippen LogP contribution >= 0.6 is 0 Å². The number of benzene rings is 2. The van der Waals surface area contributed by atoms with Crippen molar-refractivity contribution in [3.8, 4) is 0 Å². The van der Waals surface area contributed by atoms with Crippen molar-refractivity contribution < 1.29 is 14.0 Å². The SMILES string of the molecule is O=C(NCc1ccccc1F)c1cccc(C(=O)NC2CCCCCC2)c1. The maximum absolute atomic E-state index is 13.7. The summed E-state index contributed by atoms with van der Waals surface area (Å²) >= 11 is 0. The Kier molecular flexibility index (Phi) is 6.58. The highest BCUT2D eigenvalue weighted by molar-refractivity contribution is 5.99. The van der Waals surface area contributed by atoms with E-state index < -0.39 is 0 Å². The largest absolute Gasteiger partial charge is 0.349 e. The molecule has 4 nitrogen and oxygen atoms in total. The van der Waals surface area contributed by atoms with Gasteiger partial charge >= 0.3 is 0 Å². The van der Waals surface area contributed by atoms with Gasteiger partial charge in [-0.2, -0.15) is 0 Å². The molecule has 0 aliphatic heterocycles. The quantitative estimate of drug-likeness (QED) is 0.777. The van der Waals surface area contributed by atoms with Gasteiger partial charge in [-0.05, 0) is 37.1 Å². The second-order valence-electron chi connectivity index (χ2n) is 7.02. The van der Waals surface area contributed by atoms with Crippen molar-refractivity contribution in [2.75, 3.05) is 0 Å². The summed E-state index contributed by atoms with van der Waals surface area (Å²) in [5.41, 5.74) is 1.28. The molecular weight excluding hydrogens is 343 g/mol. The number of amides is 2. The summed E-state index contributed by atoms with van der Waals surface area (Å²) in [6.45, 7) is 0.101. The molecule has 1 fully saturated rings. The molecule has 0 spiro atoms. The van der Waals surface area contributed by atoms with Gasteiger partial charge in [0.2, 0.25) is 0 Å². The average molecular weight is 368 g/mol. The molecule has 0 saturated heterocycles. The molecule has 2 aromatic carbocycles. The van der Waals surface area contributed by atoms with Gasteiger partial charge in [0.1, 0.15) is 5.82 Å². The molecule has 2 aromatic rings. The Hall–Kier alpha value is -2.69. The number of nitrogens with one attached hydrogen (secondary N) is 2. The molecular formula is C22H25FN2O2. The molecule has 3 rings (SSSR count). The van der Waals surface area contributed by atoms with Crippen LogP contribution in [0.25, 0.3) is 0 Å². The van der Waals surface area contributed by atoms with E-state index in [1.807, 2.05) is 0 Å². The first-order valence-corrected chi connectivity index (χ1v) is 9.56. The van der Waals surface area contributed by atoms with E-state index in [1.165, 1.54) is 18.9 Å². The highest BCUT2D eigenvalue weighted by Crippen LogP contribution is 2.18. The van der Waals surface area contributed by atoms with Crippen molar-refractivity contribution >= 4 is 11.8 Å². The molecule has 5 heteroatoms. The van der Waals surface area contributed by atoms with Gasteiger partial charge in [0.25, 0.3) is 11.8 Å². The Bertz CT molecular complexity index is 798. The predicted molar refractivity (Wildman–Crippen MR) is 103 cm³/mol. The standard InChI is InChI=1S/C22H25FN2O2/c23-20-13-6-5-8-18(20)15-24-21(26)16-9-7-10-17(14-16)22(27)25-19-11-3-1-2-4-12-19/h5-10,13-14,19H,1-4,11-12,15H2,(H,24,26)(H,25,27). The monoisotopic (exact) mass is 368 g/mol. The van der Waals surface area contributed by atoms with Crippen LogP contribution in [-0.4, -0.2) is 17.9 Å². The molecule has 27 heavy (non-hydrogen) atoms. The first-order chi connectivity index (χ1) is 13.1. The normalized spacial score (nSPS) is 15.0. The molecule has 0 heterocycles. The Morgan fingerprint density at radius 2 is 1.56 bits per heavy atom. The predicted octanol–water partition coefficient (Wildman–Crippen LogP) is 4.21. The molecule has 2 N–H and O–H groups in total. The molecule has 0 radical (unpaired) electrons. The minimum absolute atomic E-state index is 0.101. The zero-order chi connectivity index (χ0) is 19.1. The van der Waals surface area contributed by atoms with E-state index in [4.69, 9.17) is 0 Å². The van der Waals surface area contributed by atoms with Gasteiger partial charge in [0, 0.05) is 29.3 Å². The van der Waals surface area contributed by atoms with Crippen molar-refractivity contribution in [1.82, 2.24) is 10.6 Å². The second kappa shape index (κ2) is 9.31. The van der Waals surface area contributed by atoms with Crippen molar-refractivity contribution in [2.45, 2.75) is 51.1 Å². The van der Waals surface area contributed by atoms with Crippen LogP contribution in [0.1, 0.15) is 64.8 Å². The molecule has 0 bridgehead atoms. The van der Waals surface area contributed by atoms with E-state index in [-0.39, 0.29) is 30.2 Å². The van der Waals surface area contributed by atoms with Gasteiger partial charge in [-0.25, -0.2) is 4.39 Å². The molecule has 1 saturated carbocycles. The molecule has 1 aliphatic rings. The van der Waals surface area contributed by atoms with Crippen LogP contribution in [0.2, 0.25) is 0 Å². The van der Waals surface area contributed by atoms with Crippen molar-refractivity contribution in [1.29, 1.82) is 0 Å². The third-order valence-corrected chi connectivity index (χ3v) is 4.97. The van der Waals surface area contributed by atoms with Crippen molar-refractivity contribution in [3.05, 3.63) is 71.0 Å². The number of hydrogen-bond acceptors (Lipinski definition) is 2. The van der Waals surface area contributed by atoms with E-state index in [9.17, 15) is 14.0 Å². The summed E-state index contributed by atoms with van der Waals surface area (Å²) in [4.78, 5) is 24.9. The minimum Gasteiger partial charge on any atom is -0.349 e. The van der Waals surface area contributed by atoms with Crippen LogP contribution in [0.15, 0.2) is 48.5 Å². The lowest BCUT2D eigenvalue weighted by molar-refractivity contribution is 0.0933. The first-order valence-electron chi connectivity index (χ1n) is 9.56. The minimum atomic E-state index is -0.352. The van der Waals surface area contributed by atoms with Crippen molar-refractivity contribution in [2.24, 2.45) is 0 Å². The summed E-state index contributed by atoms with van der Waals surface area (Å²) in [5.74, 6) is -0.831. The highest BCUT2D eigenvalue weighted by atomic mass is 19.1. The van der Waals surface area contributed by atoms with Crippen molar-refractivity contribution in [3.63, 3.8) is 0 Å². The Balaban J connectivity index is 1.61. The van der Waals surface area contributed by atoms with Crippen LogP contribution in [0.4, 0.5) is 4.39 Å². The van der Waals surface area contributed by atoms with Gasteiger partial charge in [0.05, 0.1) is 0 Å². The Labute approximate surface area is 159 Å². The lowest BCUT2D eigenvalue weighted by atomic mass is 10.1. The molecule has 1 aliphatic carbocycles. The highest BCUT2D eigenvalue weighted by Gasteiger charge is 2.17. The number of carbonyl (C=O) groups excluding carboxylic acids is 2. The fourth-order valence-electron chi connectivity index (χ4n) is 3.41. The summed E-state index contributed by atoms with van der Waals surface area (Å²) in [6.07, 6.45) is 6.75. The van der Waals surface area contributed by atoms with Gasteiger partial charge in [-0.15, -0.1) is 0 Å². The molecule has 0 unspecified atom stereocenters. The van der Waals surface area contributed by atoms with E-state index in [0.717, 1.165) is 25.7 Å². The third kappa shape index (κ3) is 5.39. The van der Waals surface area contributed by atoms with Crippen LogP contribution < -0.4 is 10.6 Å².